The zero-order chi connectivity index (χ0) is 15.5. The van der Waals surface area contributed by atoms with E-state index in [0.29, 0.717) is 12.3 Å². The minimum Gasteiger partial charge on any atom is -0.356 e. The normalized spacial score (nSPS) is 14.3. The molecule has 0 radical (unpaired) electrons. The van der Waals surface area contributed by atoms with Gasteiger partial charge in [0.1, 0.15) is 16.2 Å². The molecule has 0 spiro atoms. The topological polar surface area (TPSA) is 66.9 Å². The highest BCUT2D eigenvalue weighted by Crippen LogP contribution is 2.34. The lowest BCUT2D eigenvalue weighted by atomic mass is 10.0. The summed E-state index contributed by atoms with van der Waals surface area (Å²) in [6.07, 6.45) is 2.14. The molecule has 5 nitrogen and oxygen atoms in total. The molecule has 0 aromatic carbocycles. The van der Waals surface area contributed by atoms with Crippen molar-refractivity contribution < 1.29 is 4.79 Å². The van der Waals surface area contributed by atoms with Crippen molar-refractivity contribution in [2.24, 2.45) is 5.92 Å². The van der Waals surface area contributed by atoms with Gasteiger partial charge >= 0.3 is 0 Å². The Balaban J connectivity index is 0.00000192. The summed E-state index contributed by atoms with van der Waals surface area (Å²) in [6.45, 7) is 7.05. The van der Waals surface area contributed by atoms with Gasteiger partial charge in [-0.15, -0.1) is 35.5 Å². The number of hydrogen-bond donors (Lipinski definition) is 2. The van der Waals surface area contributed by atoms with E-state index in [9.17, 15) is 4.79 Å². The van der Waals surface area contributed by atoms with Crippen LogP contribution in [0.3, 0.4) is 0 Å². The number of nitrogens with one attached hydrogen (secondary N) is 2. The quantitative estimate of drug-likeness (QED) is 0.602. The number of fused-ring (bicyclic) bond motifs is 1. The van der Waals surface area contributed by atoms with E-state index in [1.54, 1.807) is 29.4 Å². The number of rotatable bonds is 6. The zero-order valence-electron chi connectivity index (χ0n) is 13.2. The lowest BCUT2D eigenvalue weighted by Crippen LogP contribution is -2.48. The third-order valence-corrected chi connectivity index (χ3v) is 6.06. The van der Waals surface area contributed by atoms with Gasteiger partial charge in [-0.2, -0.15) is 0 Å². The second-order valence-electron chi connectivity index (χ2n) is 5.57. The van der Waals surface area contributed by atoms with E-state index < -0.39 is 0 Å². The van der Waals surface area contributed by atoms with Crippen LogP contribution in [0, 0.1) is 19.8 Å². The molecular weight excluding hydrogens is 352 g/mol. The molecule has 0 aliphatic carbocycles. The fourth-order valence-electron chi connectivity index (χ4n) is 2.34. The second kappa shape index (κ2) is 8.28. The van der Waals surface area contributed by atoms with E-state index in [4.69, 9.17) is 0 Å². The molecule has 1 saturated heterocycles. The molecule has 2 aromatic rings. The van der Waals surface area contributed by atoms with E-state index >= 15 is 0 Å². The molecular formula is C15H21ClN4OS2. The van der Waals surface area contributed by atoms with Crippen molar-refractivity contribution in [1.82, 2.24) is 20.6 Å². The summed E-state index contributed by atoms with van der Waals surface area (Å²) in [5.41, 5.74) is 1.25. The Kier molecular flexibility index (Phi) is 6.64. The summed E-state index contributed by atoms with van der Waals surface area (Å²) >= 11 is 3.35. The lowest BCUT2D eigenvalue weighted by molar-refractivity contribution is -0.120. The molecule has 2 N–H and O–H groups in total. The van der Waals surface area contributed by atoms with Crippen molar-refractivity contribution in [3.63, 3.8) is 0 Å². The van der Waals surface area contributed by atoms with E-state index in [-0.39, 0.29) is 18.3 Å². The number of nitrogens with zero attached hydrogens (tertiary/aromatic N) is 2. The number of thioether (sulfide) groups is 1. The first kappa shape index (κ1) is 18.4. The summed E-state index contributed by atoms with van der Waals surface area (Å²) in [5, 5.41) is 8.34. The van der Waals surface area contributed by atoms with Crippen LogP contribution in [0.5, 0.6) is 0 Å². The Morgan fingerprint density at radius 1 is 1.43 bits per heavy atom. The highest BCUT2D eigenvalue weighted by molar-refractivity contribution is 7.99. The van der Waals surface area contributed by atoms with Crippen molar-refractivity contribution in [1.29, 1.82) is 0 Å². The van der Waals surface area contributed by atoms with Gasteiger partial charge < -0.3 is 10.6 Å². The van der Waals surface area contributed by atoms with Crippen molar-refractivity contribution in [3.05, 3.63) is 16.8 Å². The Morgan fingerprint density at radius 3 is 2.91 bits per heavy atom. The SMILES string of the molecule is Cc1sc2ncnc(SCCC(=O)NCC3CNC3)c2c1C.Cl. The summed E-state index contributed by atoms with van der Waals surface area (Å²) in [4.78, 5) is 22.9. The van der Waals surface area contributed by atoms with Gasteiger partial charge in [-0.3, -0.25) is 4.79 Å². The van der Waals surface area contributed by atoms with Crippen LogP contribution in [0.15, 0.2) is 11.4 Å². The third kappa shape index (κ3) is 4.35. The lowest BCUT2D eigenvalue weighted by Gasteiger charge is -2.27. The number of amides is 1. The van der Waals surface area contributed by atoms with Crippen molar-refractivity contribution >= 4 is 51.6 Å². The van der Waals surface area contributed by atoms with Crippen LogP contribution in [0.4, 0.5) is 0 Å². The monoisotopic (exact) mass is 372 g/mol. The molecule has 23 heavy (non-hydrogen) atoms. The summed E-state index contributed by atoms with van der Waals surface area (Å²) < 4.78 is 0. The van der Waals surface area contributed by atoms with E-state index in [1.165, 1.54) is 10.4 Å². The highest BCUT2D eigenvalue weighted by atomic mass is 35.5. The number of carbonyl (C=O) groups excluding carboxylic acids is 1. The van der Waals surface area contributed by atoms with Gasteiger partial charge in [0, 0.05) is 48.0 Å². The molecule has 0 atom stereocenters. The standard InChI is InChI=1S/C15H20N4OS2.ClH/c1-9-10(2)22-15-13(9)14(18-8-19-15)21-4-3-12(20)17-7-11-5-16-6-11;/h8,11,16H,3-7H2,1-2H3,(H,17,20);1H. The fourth-order valence-corrected chi connectivity index (χ4v) is 4.40. The fraction of sp³-hybridized carbons (Fsp3) is 0.533. The molecule has 3 rings (SSSR count). The largest absolute Gasteiger partial charge is 0.356 e. The van der Waals surface area contributed by atoms with Crippen LogP contribution in [0.25, 0.3) is 10.2 Å². The van der Waals surface area contributed by atoms with Gasteiger partial charge in [-0.05, 0) is 19.4 Å². The van der Waals surface area contributed by atoms with Crippen LogP contribution in [0.1, 0.15) is 16.9 Å². The van der Waals surface area contributed by atoms with Crippen LogP contribution in [-0.2, 0) is 4.79 Å². The summed E-state index contributed by atoms with van der Waals surface area (Å²) in [7, 11) is 0. The minimum absolute atomic E-state index is 0. The van der Waals surface area contributed by atoms with E-state index in [0.717, 1.165) is 40.6 Å². The van der Waals surface area contributed by atoms with Crippen molar-refractivity contribution in [2.45, 2.75) is 25.3 Å². The van der Waals surface area contributed by atoms with Gasteiger partial charge in [-0.25, -0.2) is 9.97 Å². The number of carbonyl (C=O) groups is 1. The van der Waals surface area contributed by atoms with Crippen LogP contribution < -0.4 is 10.6 Å². The van der Waals surface area contributed by atoms with Crippen LogP contribution in [-0.4, -0.2) is 41.3 Å². The van der Waals surface area contributed by atoms with Crippen LogP contribution >= 0.6 is 35.5 Å². The second-order valence-corrected chi connectivity index (χ2v) is 7.86. The maximum atomic E-state index is 11.8. The number of hydrogen-bond acceptors (Lipinski definition) is 6. The predicted molar refractivity (Wildman–Crippen MR) is 98.8 cm³/mol. The minimum atomic E-state index is 0. The first-order chi connectivity index (χ1) is 10.6. The highest BCUT2D eigenvalue weighted by Gasteiger charge is 2.17. The Labute approximate surface area is 150 Å². The first-order valence-electron chi connectivity index (χ1n) is 7.46. The zero-order valence-corrected chi connectivity index (χ0v) is 15.7. The molecule has 1 amide bonds. The van der Waals surface area contributed by atoms with E-state index in [1.807, 2.05) is 0 Å². The average Bonchev–Trinajstić information content (AvgIpc) is 2.73. The predicted octanol–water partition coefficient (Wildman–Crippen LogP) is 2.55. The Hall–Kier alpha value is -0.890. The summed E-state index contributed by atoms with van der Waals surface area (Å²) in [5.74, 6) is 1.48. The van der Waals surface area contributed by atoms with Gasteiger partial charge in [-0.1, -0.05) is 0 Å². The number of aromatic nitrogens is 2. The first-order valence-corrected chi connectivity index (χ1v) is 9.26. The van der Waals surface area contributed by atoms with Gasteiger partial charge in [0.05, 0.1) is 0 Å². The van der Waals surface area contributed by atoms with E-state index in [2.05, 4.69) is 34.4 Å². The maximum Gasteiger partial charge on any atom is 0.220 e. The van der Waals surface area contributed by atoms with Crippen LogP contribution in [0.2, 0.25) is 0 Å². The molecule has 1 fully saturated rings. The molecule has 126 valence electrons. The molecule has 1 aliphatic rings. The molecule has 0 unspecified atom stereocenters. The molecule has 2 aromatic heterocycles. The number of thiophene rings is 1. The molecule has 1 aliphatic heterocycles. The van der Waals surface area contributed by atoms with Gasteiger partial charge in [0.2, 0.25) is 5.91 Å². The Bertz CT molecular complexity index is 687. The van der Waals surface area contributed by atoms with Crippen molar-refractivity contribution in [2.75, 3.05) is 25.4 Å². The number of halogens is 1. The molecule has 0 saturated carbocycles. The maximum absolute atomic E-state index is 11.8. The molecule has 3 heterocycles. The van der Waals surface area contributed by atoms with Crippen molar-refractivity contribution in [3.8, 4) is 0 Å². The molecule has 0 bridgehead atoms. The molecule has 8 heteroatoms. The third-order valence-electron chi connectivity index (χ3n) is 3.95. The average molecular weight is 373 g/mol. The smallest absolute Gasteiger partial charge is 0.220 e. The van der Waals surface area contributed by atoms with Gasteiger partial charge in [0.15, 0.2) is 0 Å². The summed E-state index contributed by atoms with van der Waals surface area (Å²) in [6, 6.07) is 0. The Morgan fingerprint density at radius 2 is 2.22 bits per heavy atom. The van der Waals surface area contributed by atoms with Gasteiger partial charge in [0.25, 0.3) is 0 Å². The number of aryl methyl sites for hydroxylation is 2.